The van der Waals surface area contributed by atoms with E-state index in [-0.39, 0.29) is 5.56 Å². The first kappa shape index (κ1) is 15.4. The van der Waals surface area contributed by atoms with Crippen LogP contribution in [0.1, 0.15) is 29.6 Å². The summed E-state index contributed by atoms with van der Waals surface area (Å²) in [5.74, 6) is -1.64. The number of anilines is 2. The number of nitrogens with one attached hydrogen (secondary N) is 1. The molecule has 1 fully saturated rings. The SMILES string of the molecule is O=C(Nc1ccc(N2CCCCC2)nc1)c1ccc(F)c(F)c1. The number of carbonyl (C=O) groups is 1. The van der Waals surface area contributed by atoms with Crippen LogP contribution in [0.4, 0.5) is 20.3 Å². The molecule has 3 rings (SSSR count). The number of amides is 1. The summed E-state index contributed by atoms with van der Waals surface area (Å²) in [6.45, 7) is 1.99. The summed E-state index contributed by atoms with van der Waals surface area (Å²) >= 11 is 0. The van der Waals surface area contributed by atoms with Gasteiger partial charge in [-0.05, 0) is 49.6 Å². The standard InChI is InChI=1S/C17H17F2N3O/c18-14-6-4-12(10-15(14)19)17(23)21-13-5-7-16(20-11-13)22-8-2-1-3-9-22/h4-7,10-11H,1-3,8-9H2,(H,21,23). The Morgan fingerprint density at radius 1 is 1.04 bits per heavy atom. The number of nitrogens with zero attached hydrogens (tertiary/aromatic N) is 2. The lowest BCUT2D eigenvalue weighted by atomic mass is 10.1. The lowest BCUT2D eigenvalue weighted by Gasteiger charge is -2.27. The zero-order valence-corrected chi connectivity index (χ0v) is 12.6. The monoisotopic (exact) mass is 317 g/mol. The number of carbonyl (C=O) groups excluding carboxylic acids is 1. The summed E-state index contributed by atoms with van der Waals surface area (Å²) in [4.78, 5) is 18.6. The van der Waals surface area contributed by atoms with Crippen LogP contribution < -0.4 is 10.2 Å². The molecule has 0 atom stereocenters. The maximum absolute atomic E-state index is 13.2. The Labute approximate surface area is 133 Å². The van der Waals surface area contributed by atoms with Gasteiger partial charge in [-0.3, -0.25) is 4.79 Å². The minimum absolute atomic E-state index is 0.0593. The van der Waals surface area contributed by atoms with Crippen molar-refractivity contribution in [2.75, 3.05) is 23.3 Å². The van der Waals surface area contributed by atoms with Crippen LogP contribution in [0.5, 0.6) is 0 Å². The van der Waals surface area contributed by atoms with Crippen LogP contribution in [0.2, 0.25) is 0 Å². The smallest absolute Gasteiger partial charge is 0.255 e. The van der Waals surface area contributed by atoms with E-state index in [1.807, 2.05) is 6.07 Å². The third-order valence-electron chi connectivity index (χ3n) is 3.87. The van der Waals surface area contributed by atoms with Crippen LogP contribution in [0, 0.1) is 11.6 Å². The van der Waals surface area contributed by atoms with Crippen LogP contribution in [0.25, 0.3) is 0 Å². The topological polar surface area (TPSA) is 45.2 Å². The Bertz CT molecular complexity index is 697. The van der Waals surface area contributed by atoms with Crippen LogP contribution >= 0.6 is 0 Å². The second-order valence-corrected chi connectivity index (χ2v) is 5.54. The first-order chi connectivity index (χ1) is 11.1. The molecule has 1 aliphatic rings. The summed E-state index contributed by atoms with van der Waals surface area (Å²) in [6, 6.07) is 6.66. The van der Waals surface area contributed by atoms with Gasteiger partial charge in [-0.25, -0.2) is 13.8 Å². The maximum atomic E-state index is 13.2. The van der Waals surface area contributed by atoms with Crippen molar-refractivity contribution in [3.63, 3.8) is 0 Å². The van der Waals surface area contributed by atoms with Crippen LogP contribution in [0.3, 0.4) is 0 Å². The van der Waals surface area contributed by atoms with Crippen LogP contribution in [-0.4, -0.2) is 24.0 Å². The number of pyridine rings is 1. The highest BCUT2D eigenvalue weighted by Gasteiger charge is 2.13. The minimum Gasteiger partial charge on any atom is -0.357 e. The van der Waals surface area contributed by atoms with Crippen molar-refractivity contribution in [2.45, 2.75) is 19.3 Å². The number of piperidine rings is 1. The molecule has 1 N–H and O–H groups in total. The maximum Gasteiger partial charge on any atom is 0.255 e. The molecule has 6 heteroatoms. The first-order valence-corrected chi connectivity index (χ1v) is 7.61. The fourth-order valence-electron chi connectivity index (χ4n) is 2.61. The second kappa shape index (κ2) is 6.73. The number of benzene rings is 1. The minimum atomic E-state index is -1.05. The van der Waals surface area contributed by atoms with Gasteiger partial charge in [-0.15, -0.1) is 0 Å². The van der Waals surface area contributed by atoms with Crippen molar-refractivity contribution >= 4 is 17.4 Å². The number of halogens is 2. The van der Waals surface area contributed by atoms with Crippen molar-refractivity contribution in [3.8, 4) is 0 Å². The molecule has 23 heavy (non-hydrogen) atoms. The lowest BCUT2D eigenvalue weighted by molar-refractivity contribution is 0.102. The summed E-state index contributed by atoms with van der Waals surface area (Å²) in [5.41, 5.74) is 0.574. The van der Waals surface area contributed by atoms with Gasteiger partial charge >= 0.3 is 0 Å². The summed E-state index contributed by atoms with van der Waals surface area (Å²) in [6.07, 6.45) is 5.15. The molecule has 1 aromatic carbocycles. The molecule has 1 amide bonds. The molecule has 0 aliphatic carbocycles. The van der Waals surface area contributed by atoms with E-state index in [1.165, 1.54) is 12.5 Å². The Hall–Kier alpha value is -2.50. The van der Waals surface area contributed by atoms with E-state index in [0.29, 0.717) is 5.69 Å². The zero-order valence-electron chi connectivity index (χ0n) is 12.6. The first-order valence-electron chi connectivity index (χ1n) is 7.61. The normalized spacial score (nSPS) is 14.6. The molecule has 1 saturated heterocycles. The number of rotatable bonds is 3. The van der Waals surface area contributed by atoms with Crippen molar-refractivity contribution in [2.24, 2.45) is 0 Å². The van der Waals surface area contributed by atoms with E-state index < -0.39 is 17.5 Å². The van der Waals surface area contributed by atoms with Gasteiger partial charge in [0.15, 0.2) is 11.6 Å². The fraction of sp³-hybridized carbons (Fsp3) is 0.294. The van der Waals surface area contributed by atoms with E-state index in [1.54, 1.807) is 12.3 Å². The van der Waals surface area contributed by atoms with Crippen molar-refractivity contribution in [3.05, 3.63) is 53.7 Å². The van der Waals surface area contributed by atoms with Gasteiger partial charge in [-0.1, -0.05) is 0 Å². The third-order valence-corrected chi connectivity index (χ3v) is 3.87. The van der Waals surface area contributed by atoms with Crippen LogP contribution in [-0.2, 0) is 0 Å². The molecule has 2 aromatic rings. The average Bonchev–Trinajstić information content (AvgIpc) is 2.59. The third kappa shape index (κ3) is 3.64. The molecule has 0 bridgehead atoms. The lowest BCUT2D eigenvalue weighted by Crippen LogP contribution is -2.30. The molecule has 120 valence electrons. The van der Waals surface area contributed by atoms with Crippen molar-refractivity contribution < 1.29 is 13.6 Å². The molecule has 0 saturated carbocycles. The highest BCUT2D eigenvalue weighted by Crippen LogP contribution is 2.19. The average molecular weight is 317 g/mol. The Morgan fingerprint density at radius 3 is 2.48 bits per heavy atom. The fourth-order valence-corrected chi connectivity index (χ4v) is 2.61. The van der Waals surface area contributed by atoms with E-state index >= 15 is 0 Å². The molecule has 4 nitrogen and oxygen atoms in total. The van der Waals surface area contributed by atoms with Gasteiger partial charge in [-0.2, -0.15) is 0 Å². The Balaban J connectivity index is 1.67. The number of aromatic nitrogens is 1. The van der Waals surface area contributed by atoms with Gasteiger partial charge in [0.1, 0.15) is 5.82 Å². The van der Waals surface area contributed by atoms with Gasteiger partial charge in [0.2, 0.25) is 0 Å². The molecule has 0 radical (unpaired) electrons. The molecule has 2 heterocycles. The predicted molar refractivity (Wildman–Crippen MR) is 84.6 cm³/mol. The highest BCUT2D eigenvalue weighted by atomic mass is 19.2. The number of hydrogen-bond acceptors (Lipinski definition) is 3. The van der Waals surface area contributed by atoms with Crippen LogP contribution in [0.15, 0.2) is 36.5 Å². The summed E-state index contributed by atoms with van der Waals surface area (Å²) in [5, 5.41) is 2.63. The highest BCUT2D eigenvalue weighted by molar-refractivity contribution is 6.04. The number of hydrogen-bond donors (Lipinski definition) is 1. The van der Waals surface area contributed by atoms with E-state index in [0.717, 1.165) is 43.9 Å². The Kier molecular flexibility index (Phi) is 4.50. The van der Waals surface area contributed by atoms with Gasteiger partial charge in [0.25, 0.3) is 5.91 Å². The molecule has 0 spiro atoms. The molecule has 0 unspecified atom stereocenters. The summed E-state index contributed by atoms with van der Waals surface area (Å²) in [7, 11) is 0. The molecular formula is C17H17F2N3O. The largest absolute Gasteiger partial charge is 0.357 e. The molecular weight excluding hydrogens is 300 g/mol. The van der Waals surface area contributed by atoms with E-state index in [9.17, 15) is 13.6 Å². The summed E-state index contributed by atoms with van der Waals surface area (Å²) < 4.78 is 26.1. The quantitative estimate of drug-likeness (QED) is 0.941. The van der Waals surface area contributed by atoms with Gasteiger partial charge < -0.3 is 10.2 Å². The molecule has 1 aliphatic heterocycles. The second-order valence-electron chi connectivity index (χ2n) is 5.54. The Morgan fingerprint density at radius 2 is 1.83 bits per heavy atom. The van der Waals surface area contributed by atoms with Crippen molar-refractivity contribution in [1.82, 2.24) is 4.98 Å². The van der Waals surface area contributed by atoms with E-state index in [2.05, 4.69) is 15.2 Å². The van der Waals surface area contributed by atoms with E-state index in [4.69, 9.17) is 0 Å². The predicted octanol–water partition coefficient (Wildman–Crippen LogP) is 3.60. The van der Waals surface area contributed by atoms with Crippen molar-refractivity contribution in [1.29, 1.82) is 0 Å². The van der Waals surface area contributed by atoms with Gasteiger partial charge in [0, 0.05) is 18.7 Å². The molecule has 1 aromatic heterocycles. The zero-order chi connectivity index (χ0) is 16.2. The van der Waals surface area contributed by atoms with Gasteiger partial charge in [0.05, 0.1) is 11.9 Å².